The van der Waals surface area contributed by atoms with Gasteiger partial charge in [-0.15, -0.1) is 0 Å². The summed E-state index contributed by atoms with van der Waals surface area (Å²) in [5, 5.41) is 7.66. The topological polar surface area (TPSA) is 93.2 Å². The van der Waals surface area contributed by atoms with Gasteiger partial charge in [0.2, 0.25) is 5.88 Å². The van der Waals surface area contributed by atoms with Crippen LogP contribution in [0.3, 0.4) is 0 Å². The molecule has 2 aromatic rings. The Morgan fingerprint density at radius 2 is 2.15 bits per heavy atom. The van der Waals surface area contributed by atoms with Gasteiger partial charge in [-0.3, -0.25) is 9.89 Å². The molecular formula is C18H25N5O3. The van der Waals surface area contributed by atoms with Gasteiger partial charge in [-0.05, 0) is 6.42 Å². The van der Waals surface area contributed by atoms with Gasteiger partial charge in [0.15, 0.2) is 0 Å². The summed E-state index contributed by atoms with van der Waals surface area (Å²) in [6.07, 6.45) is 2.93. The van der Waals surface area contributed by atoms with Crippen molar-refractivity contribution in [2.45, 2.75) is 45.6 Å². The van der Waals surface area contributed by atoms with Crippen LogP contribution in [0.1, 0.15) is 60.0 Å². The summed E-state index contributed by atoms with van der Waals surface area (Å²) in [6, 6.07) is 1.65. The molecule has 140 valence electrons. The first kappa shape index (κ1) is 18.2. The minimum atomic E-state index is -0.162. The zero-order chi connectivity index (χ0) is 18.7. The minimum Gasteiger partial charge on any atom is -0.481 e. The van der Waals surface area contributed by atoms with Crippen LogP contribution in [-0.2, 0) is 13.0 Å². The SMILES string of the molecule is CCCC(C)c1n[nH]c2c1CN(C(=O)c1cc(OC)nc(OC)n1)CC2. The van der Waals surface area contributed by atoms with E-state index in [4.69, 9.17) is 9.47 Å². The smallest absolute Gasteiger partial charge is 0.320 e. The van der Waals surface area contributed by atoms with Crippen LogP contribution >= 0.6 is 0 Å². The van der Waals surface area contributed by atoms with Crippen molar-refractivity contribution >= 4 is 5.91 Å². The number of methoxy groups -OCH3 is 2. The highest BCUT2D eigenvalue weighted by molar-refractivity contribution is 5.92. The van der Waals surface area contributed by atoms with E-state index in [9.17, 15) is 4.79 Å². The first-order chi connectivity index (χ1) is 12.6. The number of hydrogen-bond acceptors (Lipinski definition) is 6. The number of hydrogen-bond donors (Lipinski definition) is 1. The van der Waals surface area contributed by atoms with Gasteiger partial charge in [0.1, 0.15) is 5.69 Å². The molecule has 1 aliphatic heterocycles. The molecule has 1 unspecified atom stereocenters. The molecule has 3 rings (SSSR count). The highest BCUT2D eigenvalue weighted by Crippen LogP contribution is 2.29. The molecule has 2 aromatic heterocycles. The Labute approximate surface area is 152 Å². The Kier molecular flexibility index (Phi) is 5.39. The molecule has 1 amide bonds. The number of rotatable bonds is 6. The van der Waals surface area contributed by atoms with Crippen molar-refractivity contribution in [3.63, 3.8) is 0 Å². The number of carbonyl (C=O) groups excluding carboxylic acids is 1. The molecule has 0 spiro atoms. The predicted octanol–water partition coefficient (Wildman–Crippen LogP) is 2.32. The second-order valence-electron chi connectivity index (χ2n) is 6.51. The number of fused-ring (bicyclic) bond motifs is 1. The molecular weight excluding hydrogens is 334 g/mol. The summed E-state index contributed by atoms with van der Waals surface area (Å²) in [4.78, 5) is 23.0. The Morgan fingerprint density at radius 1 is 1.35 bits per heavy atom. The Balaban J connectivity index is 1.84. The van der Waals surface area contributed by atoms with E-state index in [1.165, 1.54) is 20.3 Å². The summed E-state index contributed by atoms with van der Waals surface area (Å²) in [6.45, 7) is 5.50. The lowest BCUT2D eigenvalue weighted by Gasteiger charge is -2.27. The van der Waals surface area contributed by atoms with Crippen LogP contribution in [0.4, 0.5) is 0 Å². The van der Waals surface area contributed by atoms with Crippen molar-refractivity contribution < 1.29 is 14.3 Å². The second-order valence-corrected chi connectivity index (χ2v) is 6.51. The van der Waals surface area contributed by atoms with Gasteiger partial charge < -0.3 is 14.4 Å². The molecule has 3 heterocycles. The summed E-state index contributed by atoms with van der Waals surface area (Å²) in [5.74, 6) is 0.512. The quantitative estimate of drug-likeness (QED) is 0.851. The van der Waals surface area contributed by atoms with Crippen molar-refractivity contribution in [3.8, 4) is 11.9 Å². The lowest BCUT2D eigenvalue weighted by molar-refractivity contribution is 0.0725. The van der Waals surface area contributed by atoms with Crippen LogP contribution in [0.25, 0.3) is 0 Å². The standard InChI is InChI=1S/C18H25N5O3/c1-5-6-11(2)16-12-10-23(8-7-13(12)21-22-16)17(24)14-9-15(25-3)20-18(19-14)26-4/h9,11H,5-8,10H2,1-4H3,(H,21,22). The van der Waals surface area contributed by atoms with Crippen LogP contribution in [0.2, 0.25) is 0 Å². The molecule has 1 atom stereocenters. The van der Waals surface area contributed by atoms with E-state index in [-0.39, 0.29) is 17.6 Å². The van der Waals surface area contributed by atoms with Crippen LogP contribution in [0, 0.1) is 0 Å². The molecule has 0 radical (unpaired) electrons. The van der Waals surface area contributed by atoms with Gasteiger partial charge in [-0.2, -0.15) is 15.1 Å². The van der Waals surface area contributed by atoms with Gasteiger partial charge in [-0.1, -0.05) is 20.3 Å². The molecule has 0 bridgehead atoms. The molecule has 1 aliphatic rings. The van der Waals surface area contributed by atoms with E-state index in [0.717, 1.165) is 36.2 Å². The number of nitrogens with one attached hydrogen (secondary N) is 1. The number of aromatic nitrogens is 4. The molecule has 1 N–H and O–H groups in total. The van der Waals surface area contributed by atoms with Gasteiger partial charge in [0.05, 0.1) is 19.9 Å². The molecule has 0 saturated carbocycles. The van der Waals surface area contributed by atoms with Crippen LogP contribution in [-0.4, -0.2) is 51.7 Å². The summed E-state index contributed by atoms with van der Waals surface area (Å²) in [7, 11) is 2.96. The zero-order valence-electron chi connectivity index (χ0n) is 15.7. The third kappa shape index (κ3) is 3.49. The molecule has 0 saturated heterocycles. The monoisotopic (exact) mass is 359 g/mol. The van der Waals surface area contributed by atoms with E-state index >= 15 is 0 Å². The third-order valence-corrected chi connectivity index (χ3v) is 4.73. The van der Waals surface area contributed by atoms with Crippen LogP contribution in [0.15, 0.2) is 6.07 Å². The van der Waals surface area contributed by atoms with Crippen molar-refractivity contribution in [1.29, 1.82) is 0 Å². The number of H-pyrrole nitrogens is 1. The van der Waals surface area contributed by atoms with Gasteiger partial charge in [-0.25, -0.2) is 0 Å². The first-order valence-corrected chi connectivity index (χ1v) is 8.89. The summed E-state index contributed by atoms with van der Waals surface area (Å²) < 4.78 is 10.2. The third-order valence-electron chi connectivity index (χ3n) is 4.73. The molecule has 0 aromatic carbocycles. The van der Waals surface area contributed by atoms with E-state index in [1.54, 1.807) is 4.90 Å². The maximum absolute atomic E-state index is 13.0. The summed E-state index contributed by atoms with van der Waals surface area (Å²) in [5.41, 5.74) is 3.60. The normalized spacial score (nSPS) is 14.7. The van der Waals surface area contributed by atoms with E-state index in [1.807, 2.05) is 0 Å². The number of carbonyl (C=O) groups is 1. The number of ether oxygens (including phenoxy) is 2. The molecule has 8 nitrogen and oxygen atoms in total. The van der Waals surface area contributed by atoms with E-state index < -0.39 is 0 Å². The average Bonchev–Trinajstić information content (AvgIpc) is 3.10. The van der Waals surface area contributed by atoms with E-state index in [2.05, 4.69) is 34.0 Å². The van der Waals surface area contributed by atoms with Crippen molar-refractivity contribution in [1.82, 2.24) is 25.1 Å². The van der Waals surface area contributed by atoms with Gasteiger partial charge >= 0.3 is 6.01 Å². The lowest BCUT2D eigenvalue weighted by Crippen LogP contribution is -2.36. The average molecular weight is 359 g/mol. The fourth-order valence-corrected chi connectivity index (χ4v) is 3.34. The predicted molar refractivity (Wildman–Crippen MR) is 95.5 cm³/mol. The second kappa shape index (κ2) is 7.72. The largest absolute Gasteiger partial charge is 0.481 e. The zero-order valence-corrected chi connectivity index (χ0v) is 15.7. The van der Waals surface area contributed by atoms with Crippen LogP contribution in [0.5, 0.6) is 11.9 Å². The number of amides is 1. The Bertz CT molecular complexity index is 767. The molecule has 8 heteroatoms. The molecule has 0 fully saturated rings. The van der Waals surface area contributed by atoms with Gasteiger partial charge in [0, 0.05) is 42.8 Å². The Hall–Kier alpha value is -2.64. The van der Waals surface area contributed by atoms with Crippen molar-refractivity contribution in [2.24, 2.45) is 0 Å². The fraction of sp³-hybridized carbons (Fsp3) is 0.556. The highest BCUT2D eigenvalue weighted by Gasteiger charge is 2.28. The Morgan fingerprint density at radius 3 is 2.85 bits per heavy atom. The molecule has 26 heavy (non-hydrogen) atoms. The first-order valence-electron chi connectivity index (χ1n) is 8.89. The maximum Gasteiger partial charge on any atom is 0.320 e. The number of nitrogens with zero attached hydrogens (tertiary/aromatic N) is 4. The van der Waals surface area contributed by atoms with Crippen molar-refractivity contribution in [3.05, 3.63) is 28.7 Å². The lowest BCUT2D eigenvalue weighted by atomic mass is 9.95. The van der Waals surface area contributed by atoms with Gasteiger partial charge in [0.25, 0.3) is 5.91 Å². The minimum absolute atomic E-state index is 0.117. The fourth-order valence-electron chi connectivity index (χ4n) is 3.34. The van der Waals surface area contributed by atoms with E-state index in [0.29, 0.717) is 24.9 Å². The maximum atomic E-state index is 13.0. The molecule has 0 aliphatic carbocycles. The van der Waals surface area contributed by atoms with Crippen molar-refractivity contribution in [2.75, 3.05) is 20.8 Å². The number of aromatic amines is 1. The highest BCUT2D eigenvalue weighted by atomic mass is 16.5. The summed E-state index contributed by atoms with van der Waals surface area (Å²) >= 11 is 0. The van der Waals surface area contributed by atoms with Crippen LogP contribution < -0.4 is 9.47 Å².